The molecule has 8 heteroatoms. The summed E-state index contributed by atoms with van der Waals surface area (Å²) in [6, 6.07) is 5.87. The number of amides is 1. The molecule has 110 valence electrons. The van der Waals surface area contributed by atoms with Crippen LogP contribution in [0.2, 0.25) is 0 Å². The van der Waals surface area contributed by atoms with Crippen molar-refractivity contribution in [1.82, 2.24) is 5.43 Å². The lowest BCUT2D eigenvalue weighted by atomic mass is 10.2. The largest absolute Gasteiger partial charge is 0.488 e. The highest BCUT2D eigenvalue weighted by Gasteiger charge is 2.15. The van der Waals surface area contributed by atoms with Crippen LogP contribution in [0.1, 0.15) is 21.7 Å². The van der Waals surface area contributed by atoms with Gasteiger partial charge in [-0.2, -0.15) is 0 Å². The lowest BCUT2D eigenvalue weighted by Crippen LogP contribution is -2.30. The van der Waals surface area contributed by atoms with Crippen LogP contribution in [0.3, 0.4) is 0 Å². The SMILES string of the molecule is Cc1cc([N+](=O)[O-])ccc1OCc1ccoc1C(=O)NN. The number of carbonyl (C=O) groups is 1. The van der Waals surface area contributed by atoms with Crippen LogP contribution >= 0.6 is 0 Å². The highest BCUT2D eigenvalue weighted by Crippen LogP contribution is 2.24. The van der Waals surface area contributed by atoms with E-state index in [1.54, 1.807) is 13.0 Å². The Labute approximate surface area is 119 Å². The third-order valence-corrected chi connectivity index (χ3v) is 2.84. The van der Waals surface area contributed by atoms with Crippen molar-refractivity contribution in [2.45, 2.75) is 13.5 Å². The number of aryl methyl sites for hydroxylation is 1. The number of nitrogens with zero attached hydrogens (tertiary/aromatic N) is 1. The Kier molecular flexibility index (Phi) is 4.19. The predicted molar refractivity (Wildman–Crippen MR) is 72.5 cm³/mol. The maximum Gasteiger partial charge on any atom is 0.301 e. The Hall–Kier alpha value is -2.87. The van der Waals surface area contributed by atoms with Crippen LogP contribution in [-0.4, -0.2) is 10.8 Å². The average Bonchev–Trinajstić information content (AvgIpc) is 2.93. The number of nitrogens with two attached hydrogens (primary N) is 1. The van der Waals surface area contributed by atoms with Crippen LogP contribution < -0.4 is 16.0 Å². The van der Waals surface area contributed by atoms with Gasteiger partial charge in [-0.25, -0.2) is 5.84 Å². The predicted octanol–water partition coefficient (Wildman–Crippen LogP) is 1.68. The van der Waals surface area contributed by atoms with Crippen molar-refractivity contribution in [2.75, 3.05) is 0 Å². The van der Waals surface area contributed by atoms with Crippen LogP contribution in [0.4, 0.5) is 5.69 Å². The molecule has 0 atom stereocenters. The van der Waals surface area contributed by atoms with E-state index in [2.05, 4.69) is 0 Å². The van der Waals surface area contributed by atoms with Crippen molar-refractivity contribution in [3.8, 4) is 5.75 Å². The van der Waals surface area contributed by atoms with Crippen LogP contribution in [0, 0.1) is 17.0 Å². The molecule has 1 aromatic heterocycles. The van der Waals surface area contributed by atoms with Gasteiger partial charge in [-0.15, -0.1) is 0 Å². The summed E-state index contributed by atoms with van der Waals surface area (Å²) in [7, 11) is 0. The normalized spacial score (nSPS) is 10.2. The zero-order valence-electron chi connectivity index (χ0n) is 11.2. The number of carbonyl (C=O) groups excluding carboxylic acids is 1. The molecule has 2 rings (SSSR count). The van der Waals surface area contributed by atoms with E-state index in [4.69, 9.17) is 15.0 Å². The van der Waals surface area contributed by atoms with E-state index >= 15 is 0 Å². The molecule has 0 aliphatic heterocycles. The number of furan rings is 1. The molecule has 0 spiro atoms. The van der Waals surface area contributed by atoms with Gasteiger partial charge in [0.15, 0.2) is 5.76 Å². The number of benzene rings is 1. The highest BCUT2D eigenvalue weighted by atomic mass is 16.6. The molecule has 21 heavy (non-hydrogen) atoms. The van der Waals surface area contributed by atoms with Crippen molar-refractivity contribution < 1.29 is 18.9 Å². The van der Waals surface area contributed by atoms with Crippen LogP contribution in [0.25, 0.3) is 0 Å². The zero-order valence-corrected chi connectivity index (χ0v) is 11.2. The number of non-ortho nitro benzene ring substituents is 1. The molecule has 0 radical (unpaired) electrons. The summed E-state index contributed by atoms with van der Waals surface area (Å²) < 4.78 is 10.6. The fourth-order valence-corrected chi connectivity index (χ4v) is 1.78. The van der Waals surface area contributed by atoms with Gasteiger partial charge in [-0.05, 0) is 24.6 Å². The number of rotatable bonds is 5. The lowest BCUT2D eigenvalue weighted by Gasteiger charge is -2.08. The summed E-state index contributed by atoms with van der Waals surface area (Å²) in [6.45, 7) is 1.78. The molecule has 0 saturated heterocycles. The third-order valence-electron chi connectivity index (χ3n) is 2.84. The van der Waals surface area contributed by atoms with E-state index in [0.29, 0.717) is 16.9 Å². The van der Waals surface area contributed by atoms with Crippen LogP contribution in [0.15, 0.2) is 34.9 Å². The molecule has 0 aliphatic rings. The van der Waals surface area contributed by atoms with Gasteiger partial charge in [0, 0.05) is 17.7 Å². The first-order valence-corrected chi connectivity index (χ1v) is 5.98. The zero-order chi connectivity index (χ0) is 15.4. The van der Waals surface area contributed by atoms with Crippen molar-refractivity contribution in [1.29, 1.82) is 0 Å². The molecule has 3 N–H and O–H groups in total. The topological polar surface area (TPSA) is 121 Å². The van der Waals surface area contributed by atoms with Crippen molar-refractivity contribution in [3.63, 3.8) is 0 Å². The van der Waals surface area contributed by atoms with Gasteiger partial charge >= 0.3 is 5.91 Å². The number of nitrogen functional groups attached to an aromatic ring is 1. The van der Waals surface area contributed by atoms with Gasteiger partial charge in [0.1, 0.15) is 12.4 Å². The molecule has 2 aromatic rings. The van der Waals surface area contributed by atoms with Crippen molar-refractivity contribution in [2.24, 2.45) is 5.84 Å². The van der Waals surface area contributed by atoms with Gasteiger partial charge in [0.25, 0.3) is 5.69 Å². The van der Waals surface area contributed by atoms with E-state index in [9.17, 15) is 14.9 Å². The second kappa shape index (κ2) is 6.06. The van der Waals surface area contributed by atoms with Crippen molar-refractivity contribution >= 4 is 11.6 Å². The monoisotopic (exact) mass is 291 g/mol. The van der Waals surface area contributed by atoms with E-state index in [1.807, 2.05) is 5.43 Å². The van der Waals surface area contributed by atoms with Crippen LogP contribution in [-0.2, 0) is 6.61 Å². The number of ether oxygens (including phenoxy) is 1. The van der Waals surface area contributed by atoms with Gasteiger partial charge in [0.05, 0.1) is 11.2 Å². The Bertz CT molecular complexity index is 680. The Morgan fingerprint density at radius 3 is 2.86 bits per heavy atom. The number of nitrogens with one attached hydrogen (secondary N) is 1. The molecule has 0 saturated carbocycles. The molecule has 1 amide bonds. The first-order valence-electron chi connectivity index (χ1n) is 5.98. The second-order valence-electron chi connectivity index (χ2n) is 4.24. The summed E-state index contributed by atoms with van der Waals surface area (Å²) in [4.78, 5) is 21.6. The molecule has 1 heterocycles. The van der Waals surface area contributed by atoms with Gasteiger partial charge in [-0.3, -0.25) is 20.3 Å². The summed E-state index contributed by atoms with van der Waals surface area (Å²) >= 11 is 0. The van der Waals surface area contributed by atoms with Gasteiger partial charge in [0.2, 0.25) is 0 Å². The molecule has 8 nitrogen and oxygen atoms in total. The molecule has 0 aliphatic carbocycles. The number of nitro groups is 1. The summed E-state index contributed by atoms with van der Waals surface area (Å²) in [5.41, 5.74) is 3.11. The van der Waals surface area contributed by atoms with Crippen molar-refractivity contribution in [3.05, 3.63) is 57.5 Å². The van der Waals surface area contributed by atoms with Gasteiger partial charge in [-0.1, -0.05) is 0 Å². The number of hydrogen-bond donors (Lipinski definition) is 2. The van der Waals surface area contributed by atoms with E-state index in [1.165, 1.54) is 24.5 Å². The smallest absolute Gasteiger partial charge is 0.301 e. The molecule has 0 bridgehead atoms. The summed E-state index contributed by atoms with van der Waals surface area (Å²) in [6.07, 6.45) is 1.35. The maximum absolute atomic E-state index is 11.4. The third kappa shape index (κ3) is 3.18. The van der Waals surface area contributed by atoms with E-state index in [0.717, 1.165) is 0 Å². The maximum atomic E-state index is 11.4. The summed E-state index contributed by atoms with van der Waals surface area (Å²) in [5, 5.41) is 10.7. The number of hydrogen-bond acceptors (Lipinski definition) is 6. The summed E-state index contributed by atoms with van der Waals surface area (Å²) in [5.74, 6) is 5.04. The van der Waals surface area contributed by atoms with Crippen LogP contribution in [0.5, 0.6) is 5.75 Å². The molecule has 0 fully saturated rings. The molecular weight excluding hydrogens is 278 g/mol. The Morgan fingerprint density at radius 1 is 1.48 bits per heavy atom. The molecule has 1 aromatic carbocycles. The number of nitro benzene ring substituents is 1. The van der Waals surface area contributed by atoms with E-state index < -0.39 is 10.8 Å². The number of hydrazine groups is 1. The minimum absolute atomic E-state index is 0.00800. The molecular formula is C13H13N3O5. The minimum Gasteiger partial charge on any atom is -0.488 e. The second-order valence-corrected chi connectivity index (χ2v) is 4.24. The Morgan fingerprint density at radius 2 is 2.24 bits per heavy atom. The minimum atomic E-state index is -0.556. The first-order chi connectivity index (χ1) is 10.0. The lowest BCUT2D eigenvalue weighted by molar-refractivity contribution is -0.384. The first kappa shape index (κ1) is 14.5. The fraction of sp³-hybridized carbons (Fsp3) is 0.154. The fourth-order valence-electron chi connectivity index (χ4n) is 1.78. The quantitative estimate of drug-likeness (QED) is 0.374. The standard InChI is InChI=1S/C13H13N3O5/c1-8-6-10(16(18)19)2-3-11(8)21-7-9-4-5-20-12(9)13(17)15-14/h2-6H,7,14H2,1H3,(H,15,17). The van der Waals surface area contributed by atoms with Gasteiger partial charge < -0.3 is 9.15 Å². The highest BCUT2D eigenvalue weighted by molar-refractivity contribution is 5.92. The average molecular weight is 291 g/mol. The van der Waals surface area contributed by atoms with E-state index in [-0.39, 0.29) is 18.1 Å². The Balaban J connectivity index is 2.12. The molecule has 0 unspecified atom stereocenters.